The third-order valence-corrected chi connectivity index (χ3v) is 7.56. The van der Waals surface area contributed by atoms with Gasteiger partial charge in [0.25, 0.3) is 17.5 Å². The first-order valence-corrected chi connectivity index (χ1v) is 14.1. The normalized spacial score (nSPS) is 12.9. The first-order valence-electron chi connectivity index (χ1n) is 13.7. The van der Waals surface area contributed by atoms with Crippen molar-refractivity contribution >= 4 is 46.2 Å². The van der Waals surface area contributed by atoms with E-state index in [2.05, 4.69) is 20.4 Å². The zero-order valence-corrected chi connectivity index (χ0v) is 24.2. The number of hydrogen-bond acceptors (Lipinski definition) is 7. The number of carbonyl (C=O) groups excluding carboxylic acids is 2. The number of non-ortho nitro benzene ring substituents is 1. The van der Waals surface area contributed by atoms with Crippen LogP contribution in [0.25, 0.3) is 0 Å². The molecule has 5 rings (SSSR count). The minimum absolute atomic E-state index is 0.0444. The van der Waals surface area contributed by atoms with Crippen LogP contribution in [-0.2, 0) is 6.54 Å². The lowest BCUT2D eigenvalue weighted by molar-refractivity contribution is -0.384. The molecule has 0 atom stereocenters. The number of piperazine rings is 1. The van der Waals surface area contributed by atoms with Crippen molar-refractivity contribution in [3.8, 4) is 5.75 Å². The maximum Gasteiger partial charge on any atom is 0.270 e. The number of nitrogens with one attached hydrogen (secondary N) is 2. The van der Waals surface area contributed by atoms with E-state index in [1.807, 2.05) is 60.7 Å². The Labute approximate surface area is 254 Å². The van der Waals surface area contributed by atoms with E-state index in [0.717, 1.165) is 41.8 Å². The number of nitro groups is 1. The Hall–Kier alpha value is -5.09. The number of halogens is 1. The molecule has 1 fully saturated rings. The second-order valence-electron chi connectivity index (χ2n) is 9.92. The summed E-state index contributed by atoms with van der Waals surface area (Å²) < 4.78 is 5.54. The molecule has 2 N–H and O–H groups in total. The smallest absolute Gasteiger partial charge is 0.270 e. The Balaban J connectivity index is 1.37. The molecule has 0 unspecified atom stereocenters. The molecule has 0 radical (unpaired) electrons. The Morgan fingerprint density at radius 1 is 0.837 bits per heavy atom. The summed E-state index contributed by atoms with van der Waals surface area (Å²) in [5, 5.41) is 16.8. The molecule has 220 valence electrons. The second kappa shape index (κ2) is 13.3. The maximum absolute atomic E-state index is 13.6. The summed E-state index contributed by atoms with van der Waals surface area (Å²) in [6.07, 6.45) is 0. The molecule has 0 aromatic heterocycles. The topological polar surface area (TPSA) is 117 Å². The third-order valence-electron chi connectivity index (χ3n) is 7.25. The van der Waals surface area contributed by atoms with Crippen LogP contribution in [0.5, 0.6) is 5.75 Å². The first-order chi connectivity index (χ1) is 20.8. The standard InChI is InChI=1S/C32H30ClN5O5/c1-43-30-10-6-5-9-29(30)37-17-15-36(16-18-37)28-14-11-23(19-26(28)31(39)34-21-22-7-3-2-4-8-22)35-32(40)25-13-12-24(38(41)42)20-27(25)33/h2-14,19-20H,15-18,21H2,1H3,(H,34,39)(H,35,40). The molecule has 1 saturated heterocycles. The third kappa shape index (κ3) is 6.87. The number of rotatable bonds is 9. The summed E-state index contributed by atoms with van der Waals surface area (Å²) in [6, 6.07) is 26.3. The molecule has 0 bridgehead atoms. The first kappa shape index (κ1) is 29.4. The van der Waals surface area contributed by atoms with Crippen molar-refractivity contribution in [2.45, 2.75) is 6.54 Å². The second-order valence-corrected chi connectivity index (χ2v) is 10.3. The van der Waals surface area contributed by atoms with Gasteiger partial charge >= 0.3 is 0 Å². The predicted octanol–water partition coefficient (Wildman–Crippen LogP) is 5.77. The number of para-hydroxylation sites is 2. The Bertz CT molecular complexity index is 1640. The van der Waals surface area contributed by atoms with E-state index < -0.39 is 10.8 Å². The molecular formula is C32H30ClN5O5. The van der Waals surface area contributed by atoms with E-state index in [9.17, 15) is 19.7 Å². The van der Waals surface area contributed by atoms with Crippen LogP contribution in [0.2, 0.25) is 5.02 Å². The summed E-state index contributed by atoms with van der Waals surface area (Å²) in [7, 11) is 1.66. The average molecular weight is 600 g/mol. The zero-order valence-electron chi connectivity index (χ0n) is 23.5. The van der Waals surface area contributed by atoms with Crippen LogP contribution >= 0.6 is 11.6 Å². The number of benzene rings is 4. The fraction of sp³-hybridized carbons (Fsp3) is 0.188. The Morgan fingerprint density at radius 2 is 1.51 bits per heavy atom. The van der Waals surface area contributed by atoms with Gasteiger partial charge in [0.1, 0.15) is 5.75 Å². The number of methoxy groups -OCH3 is 1. The minimum Gasteiger partial charge on any atom is -0.495 e. The lowest BCUT2D eigenvalue weighted by Gasteiger charge is -2.38. The van der Waals surface area contributed by atoms with Crippen molar-refractivity contribution in [2.24, 2.45) is 0 Å². The average Bonchev–Trinajstić information content (AvgIpc) is 3.04. The molecule has 10 nitrogen and oxygen atoms in total. The van der Waals surface area contributed by atoms with Gasteiger partial charge < -0.3 is 25.2 Å². The molecule has 4 aromatic rings. The lowest BCUT2D eigenvalue weighted by atomic mass is 10.1. The van der Waals surface area contributed by atoms with Crippen molar-refractivity contribution in [1.29, 1.82) is 0 Å². The van der Waals surface area contributed by atoms with Crippen molar-refractivity contribution in [3.63, 3.8) is 0 Å². The van der Waals surface area contributed by atoms with Crippen LogP contribution in [0, 0.1) is 10.1 Å². The lowest BCUT2D eigenvalue weighted by Crippen LogP contribution is -2.47. The molecule has 1 heterocycles. The zero-order chi connectivity index (χ0) is 30.3. The highest BCUT2D eigenvalue weighted by atomic mass is 35.5. The molecule has 0 saturated carbocycles. The van der Waals surface area contributed by atoms with Gasteiger partial charge in [-0.15, -0.1) is 0 Å². The fourth-order valence-corrected chi connectivity index (χ4v) is 5.28. The van der Waals surface area contributed by atoms with Crippen LogP contribution in [0.4, 0.5) is 22.7 Å². The van der Waals surface area contributed by atoms with Crippen molar-refractivity contribution in [2.75, 3.05) is 48.4 Å². The quantitative estimate of drug-likeness (QED) is 0.185. The summed E-state index contributed by atoms with van der Waals surface area (Å²) >= 11 is 6.17. The molecule has 11 heteroatoms. The Morgan fingerprint density at radius 3 is 2.19 bits per heavy atom. The van der Waals surface area contributed by atoms with Crippen LogP contribution < -0.4 is 25.2 Å². The monoisotopic (exact) mass is 599 g/mol. The van der Waals surface area contributed by atoms with Gasteiger partial charge in [0, 0.05) is 56.2 Å². The summed E-state index contributed by atoms with van der Waals surface area (Å²) in [6.45, 7) is 3.13. The van der Waals surface area contributed by atoms with E-state index >= 15 is 0 Å². The van der Waals surface area contributed by atoms with E-state index in [1.165, 1.54) is 12.1 Å². The van der Waals surface area contributed by atoms with E-state index in [-0.39, 0.29) is 22.2 Å². The molecule has 2 amide bonds. The van der Waals surface area contributed by atoms with Gasteiger partial charge in [-0.25, -0.2) is 0 Å². The highest BCUT2D eigenvalue weighted by molar-refractivity contribution is 6.34. The fourth-order valence-electron chi connectivity index (χ4n) is 5.02. The number of nitrogens with zero attached hydrogens (tertiary/aromatic N) is 3. The molecule has 1 aliphatic rings. The molecule has 43 heavy (non-hydrogen) atoms. The number of nitro benzene ring substituents is 1. The minimum atomic E-state index is -0.581. The van der Waals surface area contributed by atoms with Gasteiger partial charge in [-0.2, -0.15) is 0 Å². The van der Waals surface area contributed by atoms with Gasteiger partial charge in [-0.3, -0.25) is 19.7 Å². The van der Waals surface area contributed by atoms with Crippen molar-refractivity contribution in [3.05, 3.63) is 123 Å². The van der Waals surface area contributed by atoms with Gasteiger partial charge in [-0.05, 0) is 42.0 Å². The number of amides is 2. The van der Waals surface area contributed by atoms with Crippen LogP contribution in [0.15, 0.2) is 91.0 Å². The maximum atomic E-state index is 13.6. The molecular weight excluding hydrogens is 570 g/mol. The van der Waals surface area contributed by atoms with Gasteiger partial charge in [0.2, 0.25) is 0 Å². The number of hydrogen-bond donors (Lipinski definition) is 2. The van der Waals surface area contributed by atoms with Crippen LogP contribution in [0.1, 0.15) is 26.3 Å². The van der Waals surface area contributed by atoms with Crippen LogP contribution in [-0.4, -0.2) is 50.0 Å². The highest BCUT2D eigenvalue weighted by Crippen LogP contribution is 2.31. The molecule has 0 spiro atoms. The molecule has 1 aliphatic heterocycles. The number of carbonyl (C=O) groups is 2. The SMILES string of the molecule is COc1ccccc1N1CCN(c2ccc(NC(=O)c3ccc([N+](=O)[O-])cc3Cl)cc2C(=O)NCc2ccccc2)CC1. The van der Waals surface area contributed by atoms with Gasteiger partial charge in [0.05, 0.1) is 33.9 Å². The summed E-state index contributed by atoms with van der Waals surface area (Å²) in [4.78, 5) is 41.5. The van der Waals surface area contributed by atoms with E-state index in [0.29, 0.717) is 30.9 Å². The van der Waals surface area contributed by atoms with Gasteiger partial charge in [0.15, 0.2) is 0 Å². The number of anilines is 3. The summed E-state index contributed by atoms with van der Waals surface area (Å²) in [5.41, 5.74) is 3.40. The van der Waals surface area contributed by atoms with E-state index in [4.69, 9.17) is 16.3 Å². The molecule has 4 aromatic carbocycles. The van der Waals surface area contributed by atoms with Gasteiger partial charge in [-0.1, -0.05) is 54.1 Å². The highest BCUT2D eigenvalue weighted by Gasteiger charge is 2.24. The largest absolute Gasteiger partial charge is 0.495 e. The summed E-state index contributed by atoms with van der Waals surface area (Å²) in [5.74, 6) is -0.0191. The Kier molecular flexibility index (Phi) is 9.07. The molecule has 0 aliphatic carbocycles. The number of ether oxygens (including phenoxy) is 1. The van der Waals surface area contributed by atoms with Crippen molar-refractivity contribution in [1.82, 2.24) is 5.32 Å². The van der Waals surface area contributed by atoms with Crippen molar-refractivity contribution < 1.29 is 19.2 Å². The van der Waals surface area contributed by atoms with E-state index in [1.54, 1.807) is 19.2 Å². The predicted molar refractivity (Wildman–Crippen MR) is 168 cm³/mol. The van der Waals surface area contributed by atoms with Crippen LogP contribution in [0.3, 0.4) is 0 Å².